The monoisotopic (exact) mass is 267 g/mol. The maximum Gasteiger partial charge on any atom is 0.167 e. The maximum atomic E-state index is 12.3. The minimum atomic E-state index is 0.107. The Morgan fingerprint density at radius 1 is 1.11 bits per heavy atom. The van der Waals surface area contributed by atoms with Gasteiger partial charge in [0, 0.05) is 22.4 Å². The summed E-state index contributed by atoms with van der Waals surface area (Å²) < 4.78 is 1.22. The van der Waals surface area contributed by atoms with Crippen LogP contribution in [0.2, 0.25) is 0 Å². The summed E-state index contributed by atoms with van der Waals surface area (Å²) in [5, 5.41) is 3.24. The Labute approximate surface area is 115 Å². The Bertz CT molecular complexity index is 745. The average Bonchev–Trinajstić information content (AvgIpc) is 2.82. The van der Waals surface area contributed by atoms with Crippen LogP contribution < -0.4 is 5.73 Å². The number of carbonyl (C=O) groups is 1. The molecule has 0 unspecified atom stereocenters. The predicted molar refractivity (Wildman–Crippen MR) is 80.7 cm³/mol. The highest BCUT2D eigenvalue weighted by Crippen LogP contribution is 2.26. The number of carbonyl (C=O) groups excluding carboxylic acids is 1. The van der Waals surface area contributed by atoms with Crippen LogP contribution in [0.4, 0.5) is 5.69 Å². The van der Waals surface area contributed by atoms with Crippen LogP contribution in [-0.2, 0) is 6.42 Å². The van der Waals surface area contributed by atoms with Gasteiger partial charge < -0.3 is 5.73 Å². The van der Waals surface area contributed by atoms with Gasteiger partial charge in [0.1, 0.15) is 0 Å². The van der Waals surface area contributed by atoms with Crippen LogP contribution in [0.1, 0.15) is 15.9 Å². The van der Waals surface area contributed by atoms with Crippen molar-refractivity contribution in [2.24, 2.45) is 0 Å². The number of Topliss-reactive ketones (excluding diaryl/α,β-unsaturated/α-hetero) is 1. The second-order valence-electron chi connectivity index (χ2n) is 4.48. The summed E-state index contributed by atoms with van der Waals surface area (Å²) in [7, 11) is 0. The molecule has 0 bridgehead atoms. The van der Waals surface area contributed by atoms with Gasteiger partial charge in [-0.3, -0.25) is 4.79 Å². The van der Waals surface area contributed by atoms with E-state index in [1.54, 1.807) is 23.5 Å². The molecule has 0 aliphatic heterocycles. The molecule has 0 spiro atoms. The molecular formula is C16H13NOS. The summed E-state index contributed by atoms with van der Waals surface area (Å²) in [6, 6.07) is 15.3. The van der Waals surface area contributed by atoms with Crippen LogP contribution in [0.15, 0.2) is 53.9 Å². The molecular weight excluding hydrogens is 254 g/mol. The van der Waals surface area contributed by atoms with Crippen molar-refractivity contribution in [3.05, 3.63) is 65.0 Å². The molecule has 0 atom stereocenters. The second kappa shape index (κ2) is 4.86. The lowest BCUT2D eigenvalue weighted by atomic mass is 10.0. The van der Waals surface area contributed by atoms with E-state index in [1.165, 1.54) is 10.1 Å². The first-order chi connectivity index (χ1) is 9.24. The number of nitrogen functional groups attached to an aromatic ring is 1. The quantitative estimate of drug-likeness (QED) is 0.577. The fourth-order valence-corrected chi connectivity index (χ4v) is 3.12. The molecule has 3 rings (SSSR count). The van der Waals surface area contributed by atoms with Gasteiger partial charge in [0.2, 0.25) is 0 Å². The fourth-order valence-electron chi connectivity index (χ4n) is 2.16. The lowest BCUT2D eigenvalue weighted by Crippen LogP contribution is -2.03. The van der Waals surface area contributed by atoms with Crippen molar-refractivity contribution in [1.29, 1.82) is 0 Å². The van der Waals surface area contributed by atoms with Crippen LogP contribution in [-0.4, -0.2) is 5.78 Å². The molecule has 94 valence electrons. The van der Waals surface area contributed by atoms with Crippen molar-refractivity contribution >= 4 is 32.9 Å². The molecule has 1 aromatic heterocycles. The minimum absolute atomic E-state index is 0.107. The predicted octanol–water partition coefficient (Wildman–Crippen LogP) is 3.91. The van der Waals surface area contributed by atoms with Crippen molar-refractivity contribution in [2.75, 3.05) is 5.73 Å². The van der Waals surface area contributed by atoms with Gasteiger partial charge in [-0.15, -0.1) is 11.3 Å². The molecule has 0 saturated carbocycles. The van der Waals surface area contributed by atoms with Crippen LogP contribution >= 0.6 is 11.3 Å². The fraction of sp³-hybridized carbons (Fsp3) is 0.0625. The highest BCUT2D eigenvalue weighted by Gasteiger charge is 2.10. The number of hydrogen-bond donors (Lipinski definition) is 1. The summed E-state index contributed by atoms with van der Waals surface area (Å²) in [5.74, 6) is 0.107. The van der Waals surface area contributed by atoms with Crippen molar-refractivity contribution in [3.63, 3.8) is 0 Å². The Hall–Kier alpha value is -2.13. The van der Waals surface area contributed by atoms with Crippen LogP contribution in [0.3, 0.4) is 0 Å². The molecule has 0 aliphatic carbocycles. The van der Waals surface area contributed by atoms with Crippen molar-refractivity contribution in [1.82, 2.24) is 0 Å². The smallest absolute Gasteiger partial charge is 0.167 e. The van der Waals surface area contributed by atoms with Crippen LogP contribution in [0, 0.1) is 0 Å². The summed E-state index contributed by atoms with van der Waals surface area (Å²) in [5.41, 5.74) is 8.10. The molecule has 1 heterocycles. The Morgan fingerprint density at radius 3 is 2.79 bits per heavy atom. The number of rotatable bonds is 3. The first kappa shape index (κ1) is 11.9. The SMILES string of the molecule is Nc1cccc(C(=O)Cc2csc3ccccc23)c1. The highest BCUT2D eigenvalue weighted by molar-refractivity contribution is 7.17. The van der Waals surface area contributed by atoms with Gasteiger partial charge in [0.15, 0.2) is 5.78 Å². The van der Waals surface area contributed by atoms with E-state index in [2.05, 4.69) is 17.5 Å². The first-order valence-electron chi connectivity index (χ1n) is 6.08. The number of ketones is 1. The van der Waals surface area contributed by atoms with Gasteiger partial charge in [-0.05, 0) is 34.5 Å². The lowest BCUT2D eigenvalue weighted by Gasteiger charge is -2.02. The summed E-state index contributed by atoms with van der Waals surface area (Å²) in [6.07, 6.45) is 0.424. The van der Waals surface area contributed by atoms with E-state index >= 15 is 0 Å². The highest BCUT2D eigenvalue weighted by atomic mass is 32.1. The zero-order valence-electron chi connectivity index (χ0n) is 10.3. The van der Waals surface area contributed by atoms with E-state index in [0.717, 1.165) is 5.56 Å². The Balaban J connectivity index is 1.91. The standard InChI is InChI=1S/C16H13NOS/c17-13-5-3-4-11(8-13)15(18)9-12-10-19-16-7-2-1-6-14(12)16/h1-8,10H,9,17H2. The molecule has 0 saturated heterocycles. The van der Waals surface area contributed by atoms with Gasteiger partial charge in [-0.2, -0.15) is 0 Å². The molecule has 3 aromatic rings. The van der Waals surface area contributed by atoms with Gasteiger partial charge in [0.25, 0.3) is 0 Å². The lowest BCUT2D eigenvalue weighted by molar-refractivity contribution is 0.0993. The van der Waals surface area contributed by atoms with Crippen LogP contribution in [0.25, 0.3) is 10.1 Å². The third kappa shape index (κ3) is 2.37. The molecule has 0 aliphatic rings. The number of anilines is 1. The minimum Gasteiger partial charge on any atom is -0.399 e. The molecule has 19 heavy (non-hydrogen) atoms. The molecule has 0 radical (unpaired) electrons. The van der Waals surface area contributed by atoms with Crippen molar-refractivity contribution < 1.29 is 4.79 Å². The topological polar surface area (TPSA) is 43.1 Å². The maximum absolute atomic E-state index is 12.3. The normalized spacial score (nSPS) is 10.7. The first-order valence-corrected chi connectivity index (χ1v) is 6.96. The van der Waals surface area contributed by atoms with Gasteiger partial charge in [-0.25, -0.2) is 0 Å². The number of nitrogens with two attached hydrogens (primary N) is 1. The molecule has 2 aromatic carbocycles. The molecule has 3 heteroatoms. The van der Waals surface area contributed by atoms with E-state index in [-0.39, 0.29) is 5.78 Å². The molecule has 2 N–H and O–H groups in total. The molecule has 2 nitrogen and oxygen atoms in total. The van der Waals surface area contributed by atoms with E-state index in [4.69, 9.17) is 5.73 Å². The summed E-state index contributed by atoms with van der Waals surface area (Å²) in [4.78, 5) is 12.3. The molecule has 0 fully saturated rings. The number of benzene rings is 2. The summed E-state index contributed by atoms with van der Waals surface area (Å²) >= 11 is 1.68. The second-order valence-corrected chi connectivity index (χ2v) is 5.39. The Morgan fingerprint density at radius 2 is 1.95 bits per heavy atom. The Kier molecular flexibility index (Phi) is 3.05. The van der Waals surface area contributed by atoms with E-state index in [1.807, 2.05) is 24.3 Å². The van der Waals surface area contributed by atoms with E-state index < -0.39 is 0 Å². The number of fused-ring (bicyclic) bond motifs is 1. The molecule has 0 amide bonds. The van der Waals surface area contributed by atoms with E-state index in [0.29, 0.717) is 17.7 Å². The van der Waals surface area contributed by atoms with Gasteiger partial charge >= 0.3 is 0 Å². The van der Waals surface area contributed by atoms with Crippen molar-refractivity contribution in [3.8, 4) is 0 Å². The van der Waals surface area contributed by atoms with E-state index in [9.17, 15) is 4.79 Å². The summed E-state index contributed by atoms with van der Waals surface area (Å²) in [6.45, 7) is 0. The van der Waals surface area contributed by atoms with Gasteiger partial charge in [-0.1, -0.05) is 30.3 Å². The van der Waals surface area contributed by atoms with Crippen molar-refractivity contribution in [2.45, 2.75) is 6.42 Å². The third-order valence-corrected chi connectivity index (χ3v) is 4.13. The zero-order valence-corrected chi connectivity index (χ0v) is 11.1. The number of hydrogen-bond acceptors (Lipinski definition) is 3. The van der Waals surface area contributed by atoms with Crippen LogP contribution in [0.5, 0.6) is 0 Å². The zero-order chi connectivity index (χ0) is 13.2. The third-order valence-electron chi connectivity index (χ3n) is 3.12. The largest absolute Gasteiger partial charge is 0.399 e. The van der Waals surface area contributed by atoms with Gasteiger partial charge in [0.05, 0.1) is 0 Å². The number of thiophene rings is 1. The average molecular weight is 267 g/mol.